The van der Waals surface area contributed by atoms with E-state index in [2.05, 4.69) is 64.1 Å². The second-order valence-corrected chi connectivity index (χ2v) is 14.1. The van der Waals surface area contributed by atoms with Crippen molar-refractivity contribution in [2.24, 2.45) is 5.10 Å². The number of rotatable bonds is 13. The molecular weight excluding hydrogens is 634 g/mol. The topological polar surface area (TPSA) is 80.2 Å². The maximum Gasteiger partial charge on any atom is 0.294 e. The lowest BCUT2D eigenvalue weighted by molar-refractivity contribution is -0.123. The van der Waals surface area contributed by atoms with Crippen LogP contribution in [0, 0.1) is 0 Å². The van der Waals surface area contributed by atoms with Gasteiger partial charge in [0.25, 0.3) is 11.8 Å². The van der Waals surface area contributed by atoms with E-state index in [1.165, 1.54) is 10.6 Å². The number of hydrogen-bond donors (Lipinski definition) is 1. The number of amides is 2. The molecule has 256 valence electrons. The van der Waals surface area contributed by atoms with Gasteiger partial charge in [-0.05, 0) is 90.3 Å². The van der Waals surface area contributed by atoms with Gasteiger partial charge in [0.05, 0.1) is 5.69 Å². The van der Waals surface area contributed by atoms with Crippen molar-refractivity contribution in [1.29, 1.82) is 0 Å². The molecule has 7 nitrogen and oxygen atoms in total. The molecule has 0 aliphatic carbocycles. The Bertz CT molecular complexity index is 1800. The number of hydrogen-bond acceptors (Lipinski definition) is 5. The minimum atomic E-state index is -0.949. The Morgan fingerprint density at radius 1 is 0.878 bits per heavy atom. The number of nitrogens with one attached hydrogen (secondary N) is 1. The Labute approximate surface area is 295 Å². The van der Waals surface area contributed by atoms with Gasteiger partial charge >= 0.3 is 0 Å². The third-order valence-electron chi connectivity index (χ3n) is 9.60. The maximum absolute atomic E-state index is 13.7. The van der Waals surface area contributed by atoms with E-state index in [9.17, 15) is 9.59 Å². The molecule has 0 spiro atoms. The summed E-state index contributed by atoms with van der Waals surface area (Å²) in [5.74, 6) is 0.663. The van der Waals surface area contributed by atoms with Gasteiger partial charge in [0.15, 0.2) is 6.10 Å². The van der Waals surface area contributed by atoms with E-state index in [0.29, 0.717) is 34.3 Å². The van der Waals surface area contributed by atoms with Crippen LogP contribution in [0.25, 0.3) is 0 Å². The van der Waals surface area contributed by atoms with Crippen LogP contribution in [0.5, 0.6) is 11.5 Å². The fraction of sp³-hybridized carbons (Fsp3) is 0.341. The van der Waals surface area contributed by atoms with E-state index in [1.807, 2.05) is 43.3 Å². The average Bonchev–Trinajstić information content (AvgIpc) is 3.43. The first-order valence-corrected chi connectivity index (χ1v) is 17.4. The molecule has 0 saturated heterocycles. The Kier molecular flexibility index (Phi) is 10.8. The SMILES string of the molecule is CCC(Oc1ccc(C(C)(C)CC)cc1C(C)(C)CC)C(=O)Nc1ccc(N2N=C(c3ccccc3)C(Oc3ccc(Cl)cc3)C2=O)cc1. The zero-order valence-electron chi connectivity index (χ0n) is 29.4. The molecule has 4 aromatic rings. The van der Waals surface area contributed by atoms with Crippen LogP contribution in [0.1, 0.15) is 84.4 Å². The van der Waals surface area contributed by atoms with Crippen molar-refractivity contribution in [3.05, 3.63) is 119 Å². The van der Waals surface area contributed by atoms with Gasteiger partial charge in [-0.1, -0.05) is 103 Å². The van der Waals surface area contributed by atoms with Gasteiger partial charge in [0, 0.05) is 21.8 Å². The van der Waals surface area contributed by atoms with Gasteiger partial charge in [-0.3, -0.25) is 9.59 Å². The number of benzene rings is 4. The number of ether oxygens (including phenoxy) is 2. The maximum atomic E-state index is 13.7. The normalized spacial score (nSPS) is 15.5. The Morgan fingerprint density at radius 2 is 1.53 bits per heavy atom. The number of hydrazone groups is 1. The highest BCUT2D eigenvalue weighted by Gasteiger charge is 2.39. The number of carbonyl (C=O) groups is 2. The molecule has 8 heteroatoms. The molecule has 4 aromatic carbocycles. The first-order valence-electron chi connectivity index (χ1n) is 17.0. The quantitative estimate of drug-likeness (QED) is 0.153. The van der Waals surface area contributed by atoms with E-state index in [1.54, 1.807) is 48.5 Å². The van der Waals surface area contributed by atoms with Crippen molar-refractivity contribution < 1.29 is 19.1 Å². The molecule has 49 heavy (non-hydrogen) atoms. The molecule has 0 radical (unpaired) electrons. The molecule has 0 bridgehead atoms. The van der Waals surface area contributed by atoms with Crippen LogP contribution < -0.4 is 19.8 Å². The lowest BCUT2D eigenvalue weighted by Crippen LogP contribution is -2.37. The van der Waals surface area contributed by atoms with Gasteiger partial charge in [-0.15, -0.1) is 0 Å². The zero-order chi connectivity index (χ0) is 35.3. The van der Waals surface area contributed by atoms with E-state index < -0.39 is 12.2 Å². The highest BCUT2D eigenvalue weighted by Crippen LogP contribution is 2.39. The number of halogens is 1. The Hall–Kier alpha value is -4.62. The summed E-state index contributed by atoms with van der Waals surface area (Å²) in [6.07, 6.45) is 0.795. The highest BCUT2D eigenvalue weighted by atomic mass is 35.5. The van der Waals surface area contributed by atoms with Crippen molar-refractivity contribution >= 4 is 40.5 Å². The van der Waals surface area contributed by atoms with Crippen molar-refractivity contribution in [3.8, 4) is 11.5 Å². The van der Waals surface area contributed by atoms with Crippen molar-refractivity contribution in [1.82, 2.24) is 0 Å². The molecule has 0 aromatic heterocycles. The monoisotopic (exact) mass is 679 g/mol. The molecule has 2 amide bonds. The largest absolute Gasteiger partial charge is 0.480 e. The number of nitrogens with zero attached hydrogens (tertiary/aromatic N) is 2. The minimum absolute atomic E-state index is 0.0313. The molecule has 1 aliphatic rings. The predicted molar refractivity (Wildman–Crippen MR) is 199 cm³/mol. The summed E-state index contributed by atoms with van der Waals surface area (Å²) in [5, 5.41) is 9.60. The van der Waals surface area contributed by atoms with Crippen LogP contribution in [-0.2, 0) is 20.4 Å². The summed E-state index contributed by atoms with van der Waals surface area (Å²) in [7, 11) is 0. The van der Waals surface area contributed by atoms with Gasteiger partial charge in [-0.2, -0.15) is 10.1 Å². The molecule has 0 saturated carbocycles. The summed E-state index contributed by atoms with van der Waals surface area (Å²) < 4.78 is 12.6. The first kappa shape index (κ1) is 35.7. The molecule has 2 atom stereocenters. The average molecular weight is 680 g/mol. The zero-order valence-corrected chi connectivity index (χ0v) is 30.2. The standard InChI is InChI=1S/C41H46ClN3O4/c1-8-34(49-35-25-16-28(40(4,5)9-2)26-33(35)41(6,7)10-3)38(46)43-30-19-21-31(22-20-30)45-39(47)37(48-32-23-17-29(42)18-24-32)36(44-45)27-14-12-11-13-15-27/h11-26,34,37H,8-10H2,1-7H3,(H,43,46). The van der Waals surface area contributed by atoms with Crippen molar-refractivity contribution in [3.63, 3.8) is 0 Å². The summed E-state index contributed by atoms with van der Waals surface area (Å²) in [4.78, 5) is 27.2. The fourth-order valence-corrected chi connectivity index (χ4v) is 5.68. The summed E-state index contributed by atoms with van der Waals surface area (Å²) in [6, 6.07) is 29.7. The second-order valence-electron chi connectivity index (χ2n) is 13.7. The van der Waals surface area contributed by atoms with Crippen molar-refractivity contribution in [2.45, 2.75) is 90.8 Å². The lowest BCUT2D eigenvalue weighted by atomic mass is 9.76. The smallest absolute Gasteiger partial charge is 0.294 e. The second kappa shape index (κ2) is 14.9. The van der Waals surface area contributed by atoms with Crippen LogP contribution in [0.2, 0.25) is 5.02 Å². The highest BCUT2D eigenvalue weighted by molar-refractivity contribution is 6.30. The third-order valence-corrected chi connectivity index (χ3v) is 9.85. The Balaban J connectivity index is 1.33. The third kappa shape index (κ3) is 8.00. The fourth-order valence-electron chi connectivity index (χ4n) is 5.56. The molecule has 5 rings (SSSR count). The number of carbonyl (C=O) groups excluding carboxylic acids is 2. The molecule has 1 heterocycles. The molecule has 1 aliphatic heterocycles. The van der Waals surface area contributed by atoms with Gasteiger partial charge in [0.2, 0.25) is 6.10 Å². The van der Waals surface area contributed by atoms with E-state index in [4.69, 9.17) is 21.1 Å². The Morgan fingerprint density at radius 3 is 2.14 bits per heavy atom. The van der Waals surface area contributed by atoms with Crippen LogP contribution in [0.4, 0.5) is 11.4 Å². The summed E-state index contributed by atoms with van der Waals surface area (Å²) in [5.41, 5.74) is 4.67. The van der Waals surface area contributed by atoms with Crippen LogP contribution in [-0.4, -0.2) is 29.7 Å². The molecule has 2 unspecified atom stereocenters. The van der Waals surface area contributed by atoms with E-state index >= 15 is 0 Å². The van der Waals surface area contributed by atoms with Gasteiger partial charge in [-0.25, -0.2) is 0 Å². The molecule has 1 N–H and O–H groups in total. The van der Waals surface area contributed by atoms with Gasteiger partial charge in [0.1, 0.15) is 17.2 Å². The number of anilines is 2. The van der Waals surface area contributed by atoms with Gasteiger partial charge < -0.3 is 14.8 Å². The van der Waals surface area contributed by atoms with E-state index in [0.717, 1.165) is 29.7 Å². The summed E-state index contributed by atoms with van der Waals surface area (Å²) >= 11 is 6.05. The predicted octanol–water partition coefficient (Wildman–Crippen LogP) is 9.71. The van der Waals surface area contributed by atoms with Crippen molar-refractivity contribution in [2.75, 3.05) is 10.3 Å². The minimum Gasteiger partial charge on any atom is -0.480 e. The van der Waals surface area contributed by atoms with Crippen LogP contribution >= 0.6 is 11.6 Å². The molecular formula is C41H46ClN3O4. The first-order chi connectivity index (χ1) is 23.4. The van der Waals surface area contributed by atoms with E-state index in [-0.39, 0.29) is 22.6 Å². The van der Waals surface area contributed by atoms with Crippen LogP contribution in [0.3, 0.4) is 0 Å². The summed E-state index contributed by atoms with van der Waals surface area (Å²) in [6.45, 7) is 15.2. The molecule has 0 fully saturated rings. The van der Waals surface area contributed by atoms with Crippen LogP contribution in [0.15, 0.2) is 102 Å². The lowest BCUT2D eigenvalue weighted by Gasteiger charge is -2.31.